The van der Waals surface area contributed by atoms with Gasteiger partial charge < -0.3 is 24.2 Å². The van der Waals surface area contributed by atoms with Gasteiger partial charge in [0, 0.05) is 12.6 Å². The Balaban J connectivity index is 1.98. The summed E-state index contributed by atoms with van der Waals surface area (Å²) < 4.78 is 20.5. The van der Waals surface area contributed by atoms with E-state index in [9.17, 15) is 4.79 Å². The van der Waals surface area contributed by atoms with Gasteiger partial charge in [-0.1, -0.05) is 40.5 Å². The van der Waals surface area contributed by atoms with Gasteiger partial charge in [-0.3, -0.25) is 4.79 Å². The Labute approximate surface area is 201 Å². The standard InChI is InChI=1S/C23H33ClN4O4Si/c1-9-23(13-30-33(7,8)22(4,5)6)16(31-20(29)14(2)3)12-17(32-23)28-11-10-15-18(25)26-21(24)27-19(15)28/h1,10-11,14,16-17H,12-13H2,2-8H3,(H2,25,26,27)/t16-,17+,23+/m0/s1. The first-order chi connectivity index (χ1) is 15.2. The number of nitrogens with zero attached hydrogens (tertiary/aromatic N) is 3. The van der Waals surface area contributed by atoms with E-state index in [2.05, 4.69) is 49.8 Å². The molecule has 0 bridgehead atoms. The average Bonchev–Trinajstić information content (AvgIpc) is 3.27. The van der Waals surface area contributed by atoms with Gasteiger partial charge in [0.2, 0.25) is 5.28 Å². The first kappa shape index (κ1) is 25.5. The maximum absolute atomic E-state index is 12.5. The van der Waals surface area contributed by atoms with E-state index in [1.165, 1.54) is 0 Å². The zero-order valence-electron chi connectivity index (χ0n) is 20.3. The Morgan fingerprint density at radius 2 is 2.12 bits per heavy atom. The van der Waals surface area contributed by atoms with Gasteiger partial charge in [-0.05, 0) is 35.8 Å². The number of carbonyl (C=O) groups is 1. The van der Waals surface area contributed by atoms with Crippen LogP contribution < -0.4 is 5.73 Å². The number of carbonyl (C=O) groups excluding carboxylic acids is 1. The molecule has 0 amide bonds. The van der Waals surface area contributed by atoms with Crippen molar-refractivity contribution in [2.75, 3.05) is 12.3 Å². The lowest BCUT2D eigenvalue weighted by Crippen LogP contribution is -2.50. The molecule has 2 N–H and O–H groups in total. The number of aromatic nitrogens is 3. The molecule has 0 saturated carbocycles. The van der Waals surface area contributed by atoms with Gasteiger partial charge in [0.25, 0.3) is 0 Å². The summed E-state index contributed by atoms with van der Waals surface area (Å²) in [4.78, 5) is 20.8. The van der Waals surface area contributed by atoms with Crippen LogP contribution in [0.4, 0.5) is 5.82 Å². The highest BCUT2D eigenvalue weighted by molar-refractivity contribution is 6.74. The fraction of sp³-hybridized carbons (Fsp3) is 0.609. The Morgan fingerprint density at radius 3 is 2.70 bits per heavy atom. The summed E-state index contributed by atoms with van der Waals surface area (Å²) in [7, 11) is -2.15. The number of fused-ring (bicyclic) bond motifs is 1. The molecule has 0 aliphatic carbocycles. The minimum atomic E-state index is -2.15. The highest BCUT2D eigenvalue weighted by Gasteiger charge is 2.53. The van der Waals surface area contributed by atoms with Crippen LogP contribution in [0.5, 0.6) is 0 Å². The molecule has 0 radical (unpaired) electrons. The molecule has 0 aromatic carbocycles. The van der Waals surface area contributed by atoms with Crippen LogP contribution in [0, 0.1) is 18.3 Å². The van der Waals surface area contributed by atoms with Gasteiger partial charge in [0.1, 0.15) is 23.8 Å². The maximum atomic E-state index is 12.5. The monoisotopic (exact) mass is 492 g/mol. The molecule has 0 unspecified atom stereocenters. The highest BCUT2D eigenvalue weighted by Crippen LogP contribution is 2.43. The molecule has 33 heavy (non-hydrogen) atoms. The number of terminal acetylenes is 1. The molecular formula is C23H33ClN4O4Si. The van der Waals surface area contributed by atoms with Gasteiger partial charge >= 0.3 is 5.97 Å². The Kier molecular flexibility index (Phi) is 6.89. The number of nitrogen functional groups attached to an aromatic ring is 1. The summed E-state index contributed by atoms with van der Waals surface area (Å²) in [6, 6.07) is 1.79. The first-order valence-corrected chi connectivity index (χ1v) is 14.3. The van der Waals surface area contributed by atoms with Crippen LogP contribution in [0.2, 0.25) is 23.4 Å². The van der Waals surface area contributed by atoms with Crippen LogP contribution in [0.15, 0.2) is 12.3 Å². The second kappa shape index (κ2) is 8.91. The van der Waals surface area contributed by atoms with E-state index >= 15 is 0 Å². The molecule has 3 heterocycles. The number of halogens is 1. The van der Waals surface area contributed by atoms with E-state index in [1.54, 1.807) is 30.7 Å². The lowest BCUT2D eigenvalue weighted by Gasteiger charge is -2.39. The topological polar surface area (TPSA) is 101 Å². The van der Waals surface area contributed by atoms with E-state index < -0.39 is 26.3 Å². The summed E-state index contributed by atoms with van der Waals surface area (Å²) in [6.45, 7) is 14.4. The molecule has 1 fully saturated rings. The predicted molar refractivity (Wildman–Crippen MR) is 131 cm³/mol. The van der Waals surface area contributed by atoms with Crippen LogP contribution in [-0.2, 0) is 18.7 Å². The maximum Gasteiger partial charge on any atom is 0.308 e. The molecule has 1 aliphatic rings. The number of anilines is 1. The number of hydrogen-bond acceptors (Lipinski definition) is 7. The second-order valence-corrected chi connectivity index (χ2v) is 15.5. The minimum absolute atomic E-state index is 0.0211. The van der Waals surface area contributed by atoms with E-state index in [0.29, 0.717) is 17.5 Å². The van der Waals surface area contributed by atoms with Crippen molar-refractivity contribution in [3.63, 3.8) is 0 Å². The summed E-state index contributed by atoms with van der Waals surface area (Å²) in [5, 5.41) is 0.659. The van der Waals surface area contributed by atoms with Crippen LogP contribution in [0.3, 0.4) is 0 Å². The van der Waals surface area contributed by atoms with Crippen molar-refractivity contribution in [2.45, 2.75) is 77.1 Å². The molecule has 0 spiro atoms. The Morgan fingerprint density at radius 1 is 1.45 bits per heavy atom. The summed E-state index contributed by atoms with van der Waals surface area (Å²) in [5.74, 6) is 2.38. The zero-order valence-corrected chi connectivity index (χ0v) is 22.1. The number of ether oxygens (including phenoxy) is 2. The molecular weight excluding hydrogens is 460 g/mol. The van der Waals surface area contributed by atoms with Crippen molar-refractivity contribution in [1.29, 1.82) is 0 Å². The molecule has 2 aromatic heterocycles. The third kappa shape index (κ3) is 4.89. The van der Waals surface area contributed by atoms with E-state index in [4.69, 9.17) is 37.7 Å². The molecule has 180 valence electrons. The van der Waals surface area contributed by atoms with Crippen molar-refractivity contribution in [1.82, 2.24) is 14.5 Å². The molecule has 2 aromatic rings. The van der Waals surface area contributed by atoms with Gasteiger partial charge in [-0.2, -0.15) is 4.98 Å². The van der Waals surface area contributed by atoms with Crippen molar-refractivity contribution in [2.24, 2.45) is 5.92 Å². The predicted octanol–water partition coefficient (Wildman–Crippen LogP) is 4.55. The van der Waals surface area contributed by atoms with Crippen molar-refractivity contribution in [3.05, 3.63) is 17.5 Å². The van der Waals surface area contributed by atoms with Gasteiger partial charge in [0.05, 0.1) is 17.9 Å². The third-order valence-electron chi connectivity index (χ3n) is 6.59. The normalized spacial score (nSPS) is 23.8. The highest BCUT2D eigenvalue weighted by atomic mass is 35.5. The van der Waals surface area contributed by atoms with E-state index in [-0.39, 0.29) is 34.6 Å². The molecule has 1 saturated heterocycles. The van der Waals surface area contributed by atoms with Crippen molar-refractivity contribution < 1.29 is 18.7 Å². The van der Waals surface area contributed by atoms with E-state index in [1.807, 2.05) is 0 Å². The second-order valence-electron chi connectivity index (χ2n) is 10.3. The molecule has 8 nitrogen and oxygen atoms in total. The van der Waals surface area contributed by atoms with Gasteiger partial charge in [-0.15, -0.1) is 6.42 Å². The number of rotatable bonds is 6. The molecule has 3 atom stereocenters. The first-order valence-electron chi connectivity index (χ1n) is 11.0. The van der Waals surface area contributed by atoms with Crippen LogP contribution in [0.25, 0.3) is 11.0 Å². The lowest BCUT2D eigenvalue weighted by molar-refractivity contribution is -0.161. The summed E-state index contributed by atoms with van der Waals surface area (Å²) >= 11 is 6.04. The number of esters is 1. The minimum Gasteiger partial charge on any atom is -0.458 e. The summed E-state index contributed by atoms with van der Waals surface area (Å²) in [6.07, 6.45) is 6.88. The molecule has 3 rings (SSSR count). The molecule has 1 aliphatic heterocycles. The van der Waals surface area contributed by atoms with Crippen LogP contribution >= 0.6 is 11.6 Å². The van der Waals surface area contributed by atoms with Crippen molar-refractivity contribution >= 4 is 42.7 Å². The SMILES string of the molecule is C#C[C@]1(CO[Si](C)(C)C(C)(C)C)O[C@@H](n2ccc3c(N)nc(Cl)nc32)C[C@@H]1OC(=O)C(C)C. The van der Waals surface area contributed by atoms with E-state index in [0.717, 1.165) is 0 Å². The third-order valence-corrected chi connectivity index (χ3v) is 11.2. The van der Waals surface area contributed by atoms with Crippen LogP contribution in [-0.4, -0.2) is 47.1 Å². The number of hydrogen-bond donors (Lipinski definition) is 1. The zero-order chi connectivity index (χ0) is 24.8. The summed E-state index contributed by atoms with van der Waals surface area (Å²) in [5.41, 5.74) is 5.28. The number of nitrogens with two attached hydrogens (primary N) is 1. The van der Waals surface area contributed by atoms with Crippen LogP contribution in [0.1, 0.15) is 47.3 Å². The Bertz CT molecular complexity index is 1090. The smallest absolute Gasteiger partial charge is 0.308 e. The fourth-order valence-corrected chi connectivity index (χ4v) is 4.57. The Hall–Kier alpha value is -2.12. The fourth-order valence-electron chi connectivity index (χ4n) is 3.39. The van der Waals surface area contributed by atoms with Gasteiger partial charge in [0.15, 0.2) is 13.9 Å². The largest absolute Gasteiger partial charge is 0.458 e. The molecule has 10 heteroatoms. The average molecular weight is 493 g/mol. The quantitative estimate of drug-likeness (QED) is 0.273. The lowest BCUT2D eigenvalue weighted by atomic mass is 9.98. The van der Waals surface area contributed by atoms with Gasteiger partial charge in [-0.25, -0.2) is 4.98 Å². The van der Waals surface area contributed by atoms with Crippen molar-refractivity contribution in [3.8, 4) is 12.3 Å².